The molecule has 0 aliphatic carbocycles. The smallest absolute Gasteiger partial charge is 0.271 e. The van der Waals surface area contributed by atoms with Crippen LogP contribution in [0.4, 0.5) is 5.69 Å². The zero-order chi connectivity index (χ0) is 21.5. The number of phenolic OH excluding ortho intramolecular Hbond substituents is 1. The van der Waals surface area contributed by atoms with Gasteiger partial charge in [0.15, 0.2) is 5.69 Å². The number of aromatic hydroxyl groups is 1. The van der Waals surface area contributed by atoms with Crippen molar-refractivity contribution in [3.63, 3.8) is 0 Å². The van der Waals surface area contributed by atoms with Gasteiger partial charge < -0.3 is 15.7 Å². The minimum Gasteiger partial charge on any atom is -0.508 e. The highest BCUT2D eigenvalue weighted by Crippen LogP contribution is 2.15. The second-order valence-electron chi connectivity index (χ2n) is 6.33. The number of non-ortho nitro benzene ring substituents is 1. The Morgan fingerprint density at radius 2 is 1.73 bits per heavy atom. The molecule has 0 saturated heterocycles. The zero-order valence-corrected chi connectivity index (χ0v) is 15.8. The summed E-state index contributed by atoms with van der Waals surface area (Å²) in [6.45, 7) is 0.690. The van der Waals surface area contributed by atoms with Crippen molar-refractivity contribution in [3.05, 3.63) is 82.2 Å². The van der Waals surface area contributed by atoms with Gasteiger partial charge in [-0.1, -0.05) is 6.07 Å². The molecule has 10 heteroatoms. The Bertz CT molecular complexity index is 1060. The van der Waals surface area contributed by atoms with E-state index in [1.165, 1.54) is 28.9 Å². The van der Waals surface area contributed by atoms with E-state index in [1.54, 1.807) is 36.5 Å². The Balaban J connectivity index is 1.44. The maximum Gasteiger partial charge on any atom is 0.271 e. The highest BCUT2D eigenvalue weighted by molar-refractivity contribution is 5.94. The average Bonchev–Trinajstić information content (AvgIpc) is 3.23. The Kier molecular flexibility index (Phi) is 6.38. The summed E-state index contributed by atoms with van der Waals surface area (Å²) < 4.78 is 1.45. The molecule has 0 atom stereocenters. The second kappa shape index (κ2) is 9.32. The van der Waals surface area contributed by atoms with Crippen LogP contribution in [0, 0.1) is 10.1 Å². The van der Waals surface area contributed by atoms with Gasteiger partial charge in [0.2, 0.25) is 0 Å². The van der Waals surface area contributed by atoms with Crippen LogP contribution in [-0.2, 0) is 0 Å². The average molecular weight is 409 g/mol. The van der Waals surface area contributed by atoms with E-state index < -0.39 is 4.92 Å². The molecule has 1 aromatic heterocycles. The van der Waals surface area contributed by atoms with Crippen LogP contribution >= 0.6 is 0 Å². The third-order valence-electron chi connectivity index (χ3n) is 4.18. The van der Waals surface area contributed by atoms with Gasteiger partial charge in [-0.2, -0.15) is 5.10 Å². The van der Waals surface area contributed by atoms with Gasteiger partial charge in [-0.05, 0) is 42.8 Å². The number of carbonyl (C=O) groups is 2. The molecule has 0 unspecified atom stereocenters. The fourth-order valence-corrected chi connectivity index (χ4v) is 2.65. The summed E-state index contributed by atoms with van der Waals surface area (Å²) in [4.78, 5) is 34.4. The predicted molar refractivity (Wildman–Crippen MR) is 108 cm³/mol. The van der Waals surface area contributed by atoms with Gasteiger partial charge in [0.1, 0.15) is 5.75 Å². The van der Waals surface area contributed by atoms with Crippen LogP contribution in [0.2, 0.25) is 0 Å². The normalized spacial score (nSPS) is 10.4. The fraction of sp³-hybridized carbons (Fsp3) is 0.150. The molecule has 2 amide bonds. The van der Waals surface area contributed by atoms with E-state index in [0.29, 0.717) is 30.8 Å². The van der Waals surface area contributed by atoms with Crippen LogP contribution in [0.1, 0.15) is 27.3 Å². The highest BCUT2D eigenvalue weighted by Gasteiger charge is 2.11. The van der Waals surface area contributed by atoms with Crippen LogP contribution < -0.4 is 10.6 Å². The van der Waals surface area contributed by atoms with E-state index in [0.717, 1.165) is 0 Å². The van der Waals surface area contributed by atoms with Crippen molar-refractivity contribution in [2.45, 2.75) is 6.42 Å². The van der Waals surface area contributed by atoms with Crippen LogP contribution in [0.3, 0.4) is 0 Å². The number of hydrogen-bond donors (Lipinski definition) is 3. The van der Waals surface area contributed by atoms with Gasteiger partial charge in [0.05, 0.1) is 10.6 Å². The number of nitrogens with zero attached hydrogens (tertiary/aromatic N) is 3. The third kappa shape index (κ3) is 5.19. The summed E-state index contributed by atoms with van der Waals surface area (Å²) >= 11 is 0. The van der Waals surface area contributed by atoms with E-state index in [-0.39, 0.29) is 28.9 Å². The number of carbonyl (C=O) groups excluding carboxylic acids is 2. The second-order valence-corrected chi connectivity index (χ2v) is 6.33. The molecule has 30 heavy (non-hydrogen) atoms. The standard InChI is InChI=1S/C20H19N5O5/c26-17-4-1-3-14(13-17)19(27)21-10-2-11-22-20(28)18-9-12-24(23-18)15-5-7-16(8-6-15)25(29)30/h1,3-9,12-13,26H,2,10-11H2,(H,21,27)(H,22,28). The molecule has 3 aromatic rings. The van der Waals surface area contributed by atoms with Crippen molar-refractivity contribution in [2.75, 3.05) is 13.1 Å². The number of nitro groups is 1. The van der Waals surface area contributed by atoms with E-state index in [9.17, 15) is 24.8 Å². The molecule has 0 radical (unpaired) electrons. The summed E-state index contributed by atoms with van der Waals surface area (Å²) in [5.41, 5.74) is 1.13. The monoisotopic (exact) mass is 409 g/mol. The molecule has 0 aliphatic heterocycles. The van der Waals surface area contributed by atoms with E-state index in [4.69, 9.17) is 0 Å². The maximum absolute atomic E-state index is 12.2. The Labute approximate surface area is 171 Å². The highest BCUT2D eigenvalue weighted by atomic mass is 16.6. The van der Waals surface area contributed by atoms with Gasteiger partial charge in [-0.25, -0.2) is 4.68 Å². The molecule has 3 rings (SSSR count). The van der Waals surface area contributed by atoms with E-state index >= 15 is 0 Å². The molecule has 3 N–H and O–H groups in total. The molecule has 1 heterocycles. The number of nitro benzene ring substituents is 1. The quantitative estimate of drug-likeness (QED) is 0.295. The SMILES string of the molecule is O=C(NCCCNC(=O)c1ccn(-c2ccc([N+](=O)[O-])cc2)n1)c1cccc(O)c1. The number of hydrogen-bond acceptors (Lipinski definition) is 6. The Hall–Kier alpha value is -4.21. The lowest BCUT2D eigenvalue weighted by Crippen LogP contribution is -2.30. The molecule has 0 spiro atoms. The first-order chi connectivity index (χ1) is 14.4. The Morgan fingerprint density at radius 3 is 2.40 bits per heavy atom. The molecular formula is C20H19N5O5. The van der Waals surface area contributed by atoms with Crippen LogP contribution in [-0.4, -0.2) is 44.7 Å². The number of benzene rings is 2. The number of aromatic nitrogens is 2. The first kappa shape index (κ1) is 20.5. The third-order valence-corrected chi connectivity index (χ3v) is 4.18. The van der Waals surface area contributed by atoms with Crippen molar-refractivity contribution in [2.24, 2.45) is 0 Å². The van der Waals surface area contributed by atoms with E-state index in [1.807, 2.05) is 0 Å². The van der Waals surface area contributed by atoms with Gasteiger partial charge in [0.25, 0.3) is 17.5 Å². The number of amides is 2. The van der Waals surface area contributed by atoms with Gasteiger partial charge in [-0.15, -0.1) is 0 Å². The maximum atomic E-state index is 12.2. The summed E-state index contributed by atoms with van der Waals surface area (Å²) in [6.07, 6.45) is 2.10. The van der Waals surface area contributed by atoms with Crippen molar-refractivity contribution in [1.29, 1.82) is 0 Å². The van der Waals surface area contributed by atoms with Crippen molar-refractivity contribution < 1.29 is 19.6 Å². The summed E-state index contributed by atoms with van der Waals surface area (Å²) in [6, 6.07) is 13.4. The van der Waals surface area contributed by atoms with Crippen LogP contribution in [0.15, 0.2) is 60.8 Å². The van der Waals surface area contributed by atoms with Gasteiger partial charge in [-0.3, -0.25) is 19.7 Å². The van der Waals surface area contributed by atoms with Crippen molar-refractivity contribution in [3.8, 4) is 11.4 Å². The molecule has 0 fully saturated rings. The van der Waals surface area contributed by atoms with Crippen LogP contribution in [0.25, 0.3) is 5.69 Å². The summed E-state index contributed by atoms with van der Waals surface area (Å²) in [7, 11) is 0. The fourth-order valence-electron chi connectivity index (χ4n) is 2.65. The molecule has 154 valence electrons. The van der Waals surface area contributed by atoms with Crippen molar-refractivity contribution >= 4 is 17.5 Å². The number of rotatable bonds is 8. The van der Waals surface area contributed by atoms with Gasteiger partial charge in [0, 0.05) is 37.0 Å². The lowest BCUT2D eigenvalue weighted by Gasteiger charge is -2.06. The first-order valence-corrected chi connectivity index (χ1v) is 9.10. The molecule has 0 bridgehead atoms. The molecular weight excluding hydrogens is 390 g/mol. The minimum atomic E-state index is -0.488. The minimum absolute atomic E-state index is 0.0167. The van der Waals surface area contributed by atoms with Crippen molar-refractivity contribution in [1.82, 2.24) is 20.4 Å². The molecule has 2 aromatic carbocycles. The molecule has 0 saturated carbocycles. The number of nitrogens with one attached hydrogen (secondary N) is 2. The predicted octanol–water partition coefficient (Wildman–Crippen LogP) is 2.04. The topological polar surface area (TPSA) is 139 Å². The molecule has 0 aliphatic rings. The number of phenols is 1. The first-order valence-electron chi connectivity index (χ1n) is 9.10. The van der Waals surface area contributed by atoms with Gasteiger partial charge >= 0.3 is 0 Å². The van der Waals surface area contributed by atoms with E-state index in [2.05, 4.69) is 15.7 Å². The summed E-state index contributed by atoms with van der Waals surface area (Å²) in [5.74, 6) is -0.655. The molecule has 10 nitrogen and oxygen atoms in total. The largest absolute Gasteiger partial charge is 0.508 e. The summed E-state index contributed by atoms with van der Waals surface area (Å²) in [5, 5.41) is 29.7. The van der Waals surface area contributed by atoms with Crippen LogP contribution in [0.5, 0.6) is 5.75 Å². The Morgan fingerprint density at radius 1 is 1.03 bits per heavy atom. The zero-order valence-electron chi connectivity index (χ0n) is 15.8. The lowest BCUT2D eigenvalue weighted by molar-refractivity contribution is -0.384. The lowest BCUT2D eigenvalue weighted by atomic mass is 10.2.